The molecule has 0 aliphatic carbocycles. The maximum absolute atomic E-state index is 11.0. The first kappa shape index (κ1) is 15.5. The van der Waals surface area contributed by atoms with Gasteiger partial charge in [0, 0.05) is 19.5 Å². The Bertz CT molecular complexity index is 239. The van der Waals surface area contributed by atoms with Crippen LogP contribution >= 0.6 is 24.0 Å². The van der Waals surface area contributed by atoms with Crippen LogP contribution in [0.15, 0.2) is 24.3 Å². The number of carbonyl (C=O) groups excluding carboxylic acids is 1. The Morgan fingerprint density at radius 2 is 2.31 bits per heavy atom. The number of esters is 1. The standard InChI is InChI=1S/C9H9O2.HI.Zn/c1-2-11-9(10)8-6-4-3-5-7-8;;/h3-4,6-7H,2H2,1H3;1H;/q-1;;. The van der Waals surface area contributed by atoms with Crippen LogP contribution in [0.2, 0.25) is 0 Å². The third kappa shape index (κ3) is 5.37. The van der Waals surface area contributed by atoms with E-state index in [2.05, 4.69) is 6.07 Å². The smallest absolute Gasteiger partial charge is 0.281 e. The summed E-state index contributed by atoms with van der Waals surface area (Å²) < 4.78 is 4.77. The van der Waals surface area contributed by atoms with E-state index in [9.17, 15) is 4.79 Å². The van der Waals surface area contributed by atoms with Crippen LogP contribution in [0.1, 0.15) is 17.3 Å². The maximum atomic E-state index is 11.0. The average Bonchev–Trinajstić information content (AvgIpc) is 2.07. The molecule has 0 aromatic heterocycles. The van der Waals surface area contributed by atoms with Crippen LogP contribution < -0.4 is 0 Å². The van der Waals surface area contributed by atoms with Crippen LogP contribution in [-0.2, 0) is 24.2 Å². The van der Waals surface area contributed by atoms with E-state index < -0.39 is 0 Å². The molecule has 0 N–H and O–H groups in total. The summed E-state index contributed by atoms with van der Waals surface area (Å²) in [4.78, 5) is 11.0. The number of hydrogen-bond acceptors (Lipinski definition) is 2. The minimum atomic E-state index is -0.288. The molecule has 13 heavy (non-hydrogen) atoms. The van der Waals surface area contributed by atoms with Gasteiger partial charge in [0.2, 0.25) is 0 Å². The fourth-order valence-corrected chi connectivity index (χ4v) is 0.735. The van der Waals surface area contributed by atoms with E-state index in [-0.39, 0.29) is 49.4 Å². The van der Waals surface area contributed by atoms with E-state index in [0.29, 0.717) is 12.2 Å². The molecule has 0 aliphatic rings. The second-order valence-electron chi connectivity index (χ2n) is 2.01. The van der Waals surface area contributed by atoms with E-state index in [1.807, 2.05) is 0 Å². The van der Waals surface area contributed by atoms with Gasteiger partial charge in [-0.25, -0.2) is 0 Å². The summed E-state index contributed by atoms with van der Waals surface area (Å²) in [6.45, 7) is 2.19. The minimum absolute atomic E-state index is 0. The van der Waals surface area contributed by atoms with E-state index in [1.54, 1.807) is 31.2 Å². The molecule has 0 aliphatic heterocycles. The van der Waals surface area contributed by atoms with Gasteiger partial charge in [-0.2, -0.15) is 30.3 Å². The van der Waals surface area contributed by atoms with Gasteiger partial charge < -0.3 is 4.74 Å². The van der Waals surface area contributed by atoms with Crippen LogP contribution in [0.3, 0.4) is 0 Å². The van der Waals surface area contributed by atoms with Crippen molar-refractivity contribution in [1.29, 1.82) is 0 Å². The van der Waals surface area contributed by atoms with E-state index in [1.165, 1.54) is 0 Å². The van der Waals surface area contributed by atoms with E-state index in [0.717, 1.165) is 0 Å². The Balaban J connectivity index is 0. The Kier molecular flexibility index (Phi) is 10.3. The van der Waals surface area contributed by atoms with Crippen molar-refractivity contribution in [3.05, 3.63) is 35.9 Å². The van der Waals surface area contributed by atoms with Crippen molar-refractivity contribution < 1.29 is 29.0 Å². The second kappa shape index (κ2) is 8.63. The second-order valence-corrected chi connectivity index (χ2v) is 2.01. The molecule has 0 atom stereocenters. The van der Waals surface area contributed by atoms with Crippen LogP contribution in [0.5, 0.6) is 0 Å². The molecular formula is C9H10IO2Zn-. The fourth-order valence-electron chi connectivity index (χ4n) is 0.735. The van der Waals surface area contributed by atoms with Gasteiger partial charge in [-0.1, -0.05) is 5.56 Å². The molecule has 0 unspecified atom stereocenters. The summed E-state index contributed by atoms with van der Waals surface area (Å²) in [5.41, 5.74) is 0.550. The molecule has 0 radical (unpaired) electrons. The fraction of sp³-hybridized carbons (Fsp3) is 0.222. The number of ether oxygens (including phenoxy) is 1. The molecule has 4 heteroatoms. The molecule has 0 fully saturated rings. The molecular weight excluding hydrogens is 332 g/mol. The molecule has 0 saturated carbocycles. The maximum Gasteiger partial charge on any atom is 0.281 e. The average molecular weight is 342 g/mol. The predicted octanol–water partition coefficient (Wildman–Crippen LogP) is 2.28. The van der Waals surface area contributed by atoms with Crippen molar-refractivity contribution in [1.82, 2.24) is 0 Å². The van der Waals surface area contributed by atoms with Gasteiger partial charge in [0.1, 0.15) is 0 Å². The van der Waals surface area contributed by atoms with Gasteiger partial charge >= 0.3 is 0 Å². The summed E-state index contributed by atoms with van der Waals surface area (Å²) in [6.07, 6.45) is 0. The van der Waals surface area contributed by atoms with Crippen molar-refractivity contribution in [2.75, 3.05) is 6.61 Å². The first-order valence-electron chi connectivity index (χ1n) is 3.48. The van der Waals surface area contributed by atoms with Gasteiger partial charge in [0.15, 0.2) is 0 Å². The van der Waals surface area contributed by atoms with Crippen LogP contribution in [0.25, 0.3) is 0 Å². The van der Waals surface area contributed by atoms with E-state index >= 15 is 0 Å². The van der Waals surface area contributed by atoms with Crippen molar-refractivity contribution in [3.8, 4) is 0 Å². The largest absolute Gasteiger partial charge is 0.472 e. The summed E-state index contributed by atoms with van der Waals surface area (Å²) in [6, 6.07) is 9.61. The number of benzene rings is 1. The Labute approximate surface area is 108 Å². The van der Waals surface area contributed by atoms with Crippen LogP contribution in [-0.4, -0.2) is 12.6 Å². The number of rotatable bonds is 2. The summed E-state index contributed by atoms with van der Waals surface area (Å²) in [5, 5.41) is 0. The van der Waals surface area contributed by atoms with Gasteiger partial charge in [0.05, 0.1) is 6.61 Å². The number of carbonyl (C=O) groups is 1. The van der Waals surface area contributed by atoms with Crippen LogP contribution in [0, 0.1) is 6.07 Å². The monoisotopic (exact) mass is 341 g/mol. The molecule has 2 nitrogen and oxygen atoms in total. The summed E-state index contributed by atoms with van der Waals surface area (Å²) >= 11 is 0. The van der Waals surface area contributed by atoms with Crippen molar-refractivity contribution >= 4 is 29.9 Å². The zero-order chi connectivity index (χ0) is 8.10. The van der Waals surface area contributed by atoms with Gasteiger partial charge in [-0.15, -0.1) is 24.0 Å². The number of halogens is 1. The third-order valence-electron chi connectivity index (χ3n) is 1.22. The van der Waals surface area contributed by atoms with Gasteiger partial charge in [0.25, 0.3) is 5.97 Å². The van der Waals surface area contributed by atoms with Crippen LogP contribution in [0.4, 0.5) is 0 Å². The molecule has 0 spiro atoms. The normalized spacial score (nSPS) is 7.77. The number of hydrogen-bond donors (Lipinski definition) is 0. The first-order valence-corrected chi connectivity index (χ1v) is 3.48. The summed E-state index contributed by atoms with van der Waals surface area (Å²) in [5.74, 6) is -0.288. The van der Waals surface area contributed by atoms with Crippen molar-refractivity contribution in [3.63, 3.8) is 0 Å². The van der Waals surface area contributed by atoms with Crippen molar-refractivity contribution in [2.45, 2.75) is 6.92 Å². The van der Waals surface area contributed by atoms with Gasteiger partial charge in [-0.3, -0.25) is 4.79 Å². The van der Waals surface area contributed by atoms with E-state index in [4.69, 9.17) is 4.74 Å². The molecule has 68 valence electrons. The quantitative estimate of drug-likeness (QED) is 0.357. The molecule has 1 aromatic carbocycles. The Morgan fingerprint density at radius 1 is 1.62 bits per heavy atom. The topological polar surface area (TPSA) is 26.3 Å². The molecule has 1 rings (SSSR count). The molecule has 0 bridgehead atoms. The first-order chi connectivity index (χ1) is 5.34. The molecule has 0 amide bonds. The Hall–Kier alpha value is 0.0434. The molecule has 0 saturated heterocycles. The Morgan fingerprint density at radius 3 is 2.77 bits per heavy atom. The zero-order valence-electron chi connectivity index (χ0n) is 7.45. The molecule has 1 aromatic rings. The minimum Gasteiger partial charge on any atom is -0.472 e. The third-order valence-corrected chi connectivity index (χ3v) is 1.22. The predicted molar refractivity (Wildman–Crippen MR) is 56.6 cm³/mol. The summed E-state index contributed by atoms with van der Waals surface area (Å²) in [7, 11) is 0. The van der Waals surface area contributed by atoms with Crippen molar-refractivity contribution in [2.24, 2.45) is 0 Å². The van der Waals surface area contributed by atoms with Gasteiger partial charge in [-0.05, 0) is 6.92 Å². The molecule has 0 heterocycles. The SMILES string of the molecule is CCOC(=O)c1c[c-]ccc1.I.[Zn]. The zero-order valence-corrected chi connectivity index (χ0v) is 12.7.